The molecule has 1 N–H and O–H groups in total. The molecule has 0 saturated carbocycles. The molecule has 4 heteroatoms. The van der Waals surface area contributed by atoms with Gasteiger partial charge in [-0.15, -0.1) is 0 Å². The third kappa shape index (κ3) is 3.14. The molecule has 20 heavy (non-hydrogen) atoms. The summed E-state index contributed by atoms with van der Waals surface area (Å²) in [7, 11) is 1.57. The van der Waals surface area contributed by atoms with Gasteiger partial charge in [-0.2, -0.15) is 0 Å². The highest BCUT2D eigenvalue weighted by atomic mass is 32.2. The van der Waals surface area contributed by atoms with Crippen molar-refractivity contribution >= 4 is 17.7 Å². The number of benzene rings is 2. The molecular weight excluding hydrogens is 272 g/mol. The normalized spacial score (nSPS) is 10.3. The summed E-state index contributed by atoms with van der Waals surface area (Å²) >= 11 is 1.43. The average Bonchev–Trinajstić information content (AvgIpc) is 2.42. The summed E-state index contributed by atoms with van der Waals surface area (Å²) in [5.74, 6) is -0.277. The maximum atomic E-state index is 11.3. The van der Waals surface area contributed by atoms with E-state index in [1.54, 1.807) is 25.3 Å². The molecule has 0 spiro atoms. The molecule has 2 aromatic carbocycles. The molecule has 0 saturated heterocycles. The molecule has 0 fully saturated rings. The monoisotopic (exact) mass is 288 g/mol. The lowest BCUT2D eigenvalue weighted by atomic mass is 10.1. The van der Waals surface area contributed by atoms with Crippen molar-refractivity contribution in [2.45, 2.75) is 23.6 Å². The van der Waals surface area contributed by atoms with E-state index in [2.05, 4.69) is 13.0 Å². The van der Waals surface area contributed by atoms with Gasteiger partial charge in [0, 0.05) is 9.79 Å². The number of methoxy groups -OCH3 is 1. The fourth-order valence-electron chi connectivity index (χ4n) is 1.80. The number of aryl methyl sites for hydroxylation is 2. The lowest BCUT2D eigenvalue weighted by Crippen LogP contribution is -1.99. The molecule has 0 atom stereocenters. The van der Waals surface area contributed by atoms with Crippen LogP contribution in [-0.4, -0.2) is 18.2 Å². The molecule has 0 aliphatic heterocycles. The van der Waals surface area contributed by atoms with Crippen molar-refractivity contribution in [1.82, 2.24) is 0 Å². The third-order valence-electron chi connectivity index (χ3n) is 3.13. The van der Waals surface area contributed by atoms with E-state index in [0.717, 1.165) is 4.90 Å². The highest BCUT2D eigenvalue weighted by molar-refractivity contribution is 7.99. The highest BCUT2D eigenvalue weighted by Crippen LogP contribution is 2.34. The minimum atomic E-state index is -0.931. The number of aromatic carboxylic acids is 1. The average molecular weight is 288 g/mol. The van der Waals surface area contributed by atoms with Crippen LogP contribution in [0.5, 0.6) is 5.75 Å². The highest BCUT2D eigenvalue weighted by Gasteiger charge is 2.12. The van der Waals surface area contributed by atoms with Gasteiger partial charge in [0.1, 0.15) is 5.75 Å². The minimum absolute atomic E-state index is 0.286. The van der Waals surface area contributed by atoms with Crippen molar-refractivity contribution in [3.8, 4) is 5.75 Å². The van der Waals surface area contributed by atoms with E-state index in [0.29, 0.717) is 10.6 Å². The quantitative estimate of drug-likeness (QED) is 0.917. The molecule has 0 heterocycles. The fraction of sp³-hybridized carbons (Fsp3) is 0.188. The molecule has 0 aliphatic rings. The van der Waals surface area contributed by atoms with Gasteiger partial charge in [0.05, 0.1) is 12.7 Å². The molecule has 104 valence electrons. The Labute approximate surface area is 122 Å². The second kappa shape index (κ2) is 6.01. The molecule has 3 nitrogen and oxygen atoms in total. The summed E-state index contributed by atoms with van der Waals surface area (Å²) in [4.78, 5) is 13.0. The summed E-state index contributed by atoms with van der Waals surface area (Å²) < 4.78 is 5.16. The maximum absolute atomic E-state index is 11.3. The smallest absolute Gasteiger partial charge is 0.336 e. The minimum Gasteiger partial charge on any atom is -0.497 e. The van der Waals surface area contributed by atoms with Crippen molar-refractivity contribution in [3.63, 3.8) is 0 Å². The van der Waals surface area contributed by atoms with Crippen LogP contribution in [0.2, 0.25) is 0 Å². The molecule has 0 aliphatic carbocycles. The van der Waals surface area contributed by atoms with Gasteiger partial charge >= 0.3 is 5.97 Å². The van der Waals surface area contributed by atoms with Gasteiger partial charge in [0.15, 0.2) is 0 Å². The lowest BCUT2D eigenvalue weighted by Gasteiger charge is -2.09. The number of carboxylic acid groups (broad SMARTS) is 1. The Kier molecular flexibility index (Phi) is 4.35. The van der Waals surface area contributed by atoms with Crippen molar-refractivity contribution in [2.75, 3.05) is 7.11 Å². The Bertz CT molecular complexity index is 650. The van der Waals surface area contributed by atoms with E-state index >= 15 is 0 Å². The molecule has 0 unspecified atom stereocenters. The van der Waals surface area contributed by atoms with Gasteiger partial charge < -0.3 is 9.84 Å². The number of hydrogen-bond acceptors (Lipinski definition) is 3. The molecule has 0 aromatic heterocycles. The molecule has 0 amide bonds. The largest absolute Gasteiger partial charge is 0.497 e. The van der Waals surface area contributed by atoms with Crippen LogP contribution >= 0.6 is 11.8 Å². The van der Waals surface area contributed by atoms with Crippen LogP contribution in [0.15, 0.2) is 46.2 Å². The van der Waals surface area contributed by atoms with E-state index < -0.39 is 5.97 Å². The van der Waals surface area contributed by atoms with Crippen molar-refractivity contribution < 1.29 is 14.6 Å². The zero-order chi connectivity index (χ0) is 14.7. The van der Waals surface area contributed by atoms with Gasteiger partial charge in [-0.1, -0.05) is 17.8 Å². The van der Waals surface area contributed by atoms with Crippen molar-refractivity contribution in [3.05, 3.63) is 53.1 Å². The first-order chi connectivity index (χ1) is 9.51. The summed E-state index contributed by atoms with van der Waals surface area (Å²) in [6, 6.07) is 11.1. The van der Waals surface area contributed by atoms with Gasteiger partial charge in [0.25, 0.3) is 0 Å². The number of rotatable bonds is 4. The van der Waals surface area contributed by atoms with Crippen LogP contribution < -0.4 is 4.74 Å². The summed E-state index contributed by atoms with van der Waals surface area (Å²) in [5, 5.41) is 9.25. The summed E-state index contributed by atoms with van der Waals surface area (Å²) in [6.45, 7) is 4.10. The lowest BCUT2D eigenvalue weighted by molar-refractivity contribution is 0.0693. The van der Waals surface area contributed by atoms with E-state index in [1.807, 2.05) is 19.1 Å². The van der Waals surface area contributed by atoms with Crippen molar-refractivity contribution in [1.29, 1.82) is 0 Å². The van der Waals surface area contributed by atoms with Gasteiger partial charge in [-0.3, -0.25) is 0 Å². The fourth-order valence-corrected chi connectivity index (χ4v) is 2.86. The molecular formula is C16H16O3S. The number of ether oxygens (including phenoxy) is 1. The predicted octanol–water partition coefficient (Wildman–Crippen LogP) is 4.16. The first-order valence-corrected chi connectivity index (χ1v) is 6.99. The van der Waals surface area contributed by atoms with Crippen LogP contribution in [0.25, 0.3) is 0 Å². The zero-order valence-electron chi connectivity index (χ0n) is 11.6. The molecule has 0 bridgehead atoms. The SMILES string of the molecule is COc1ccc(C(=O)O)c(Sc2ccc(C)c(C)c2)c1. The van der Waals surface area contributed by atoms with E-state index in [4.69, 9.17) is 4.74 Å². The van der Waals surface area contributed by atoms with Crippen LogP contribution in [0, 0.1) is 13.8 Å². The van der Waals surface area contributed by atoms with Crippen LogP contribution in [-0.2, 0) is 0 Å². The first-order valence-electron chi connectivity index (χ1n) is 6.17. The summed E-state index contributed by atoms with van der Waals surface area (Å²) in [5.41, 5.74) is 2.70. The molecule has 2 rings (SSSR count). The third-order valence-corrected chi connectivity index (χ3v) is 4.17. The first kappa shape index (κ1) is 14.5. The topological polar surface area (TPSA) is 46.5 Å². The second-order valence-corrected chi connectivity index (χ2v) is 5.63. The van der Waals surface area contributed by atoms with E-state index in [-0.39, 0.29) is 5.56 Å². The Hall–Kier alpha value is -1.94. The Morgan fingerprint density at radius 3 is 2.45 bits per heavy atom. The zero-order valence-corrected chi connectivity index (χ0v) is 12.5. The Balaban J connectivity index is 2.40. The van der Waals surface area contributed by atoms with Gasteiger partial charge in [0.2, 0.25) is 0 Å². The van der Waals surface area contributed by atoms with E-state index in [9.17, 15) is 9.90 Å². The van der Waals surface area contributed by atoms with Crippen LogP contribution in [0.1, 0.15) is 21.5 Å². The van der Waals surface area contributed by atoms with Crippen LogP contribution in [0.3, 0.4) is 0 Å². The van der Waals surface area contributed by atoms with E-state index in [1.165, 1.54) is 22.9 Å². The van der Waals surface area contributed by atoms with Crippen molar-refractivity contribution in [2.24, 2.45) is 0 Å². The summed E-state index contributed by atoms with van der Waals surface area (Å²) in [6.07, 6.45) is 0. The number of carboxylic acids is 1. The van der Waals surface area contributed by atoms with Gasteiger partial charge in [-0.05, 0) is 55.3 Å². The maximum Gasteiger partial charge on any atom is 0.336 e. The molecule has 0 radical (unpaired) electrons. The number of carbonyl (C=O) groups is 1. The van der Waals surface area contributed by atoms with Crippen LogP contribution in [0.4, 0.5) is 0 Å². The standard InChI is InChI=1S/C16H16O3S/c1-10-4-6-13(8-11(10)2)20-15-9-12(19-3)5-7-14(15)16(17)18/h4-9H,1-3H3,(H,17,18). The molecule has 2 aromatic rings. The Morgan fingerprint density at radius 2 is 1.85 bits per heavy atom. The second-order valence-electron chi connectivity index (χ2n) is 4.52. The van der Waals surface area contributed by atoms with Gasteiger partial charge in [-0.25, -0.2) is 4.79 Å². The predicted molar refractivity (Wildman–Crippen MR) is 80.0 cm³/mol. The number of hydrogen-bond donors (Lipinski definition) is 1. The Morgan fingerprint density at radius 1 is 1.10 bits per heavy atom.